The molecule has 0 spiro atoms. The lowest BCUT2D eigenvalue weighted by atomic mass is 10.1. The van der Waals surface area contributed by atoms with Crippen molar-refractivity contribution in [3.63, 3.8) is 0 Å². The number of hydrogen-bond donors (Lipinski definition) is 0. The highest BCUT2D eigenvalue weighted by Crippen LogP contribution is 2.26. The summed E-state index contributed by atoms with van der Waals surface area (Å²) >= 11 is 0. The van der Waals surface area contributed by atoms with Gasteiger partial charge in [-0.3, -0.25) is 0 Å². The third kappa shape index (κ3) is 3.89. The molecule has 0 heterocycles. The molecule has 0 atom stereocenters. The topological polar surface area (TPSA) is 18.5 Å². The Bertz CT molecular complexity index is 559. The van der Waals surface area contributed by atoms with Gasteiger partial charge in [-0.25, -0.2) is 0 Å². The number of hydrogen-bond acceptors (Lipinski definition) is 2. The van der Waals surface area contributed by atoms with Crippen molar-refractivity contribution in [1.82, 2.24) is 0 Å². The van der Waals surface area contributed by atoms with Gasteiger partial charge in [0.2, 0.25) is 0 Å². The summed E-state index contributed by atoms with van der Waals surface area (Å²) in [7, 11) is 0. The van der Waals surface area contributed by atoms with E-state index in [0.717, 1.165) is 22.6 Å². The molecule has 104 valence electrons. The Balaban J connectivity index is 2.27. The Morgan fingerprint density at radius 2 is 1.60 bits per heavy atom. The zero-order valence-corrected chi connectivity index (χ0v) is 12.0. The molecular weight excluding hydrogens is 248 g/mol. The van der Waals surface area contributed by atoms with Crippen LogP contribution in [0.4, 0.5) is 0 Å². The third-order valence-electron chi connectivity index (χ3n) is 2.85. The first-order chi connectivity index (χ1) is 9.83. The summed E-state index contributed by atoms with van der Waals surface area (Å²) < 4.78 is 11.2. The quantitative estimate of drug-likeness (QED) is 0.710. The van der Waals surface area contributed by atoms with E-state index in [1.165, 1.54) is 0 Å². The maximum absolute atomic E-state index is 5.65. The van der Waals surface area contributed by atoms with Gasteiger partial charge in [-0.15, -0.1) is 0 Å². The van der Waals surface area contributed by atoms with E-state index in [2.05, 4.69) is 24.3 Å². The fraction of sp³-hybridized carbons (Fsp3) is 0.222. The zero-order valence-electron chi connectivity index (χ0n) is 12.0. The normalized spacial score (nSPS) is 10.7. The average Bonchev–Trinajstić information content (AvgIpc) is 2.49. The van der Waals surface area contributed by atoms with Gasteiger partial charge in [0.15, 0.2) is 0 Å². The molecule has 0 amide bonds. The largest absolute Gasteiger partial charge is 0.494 e. The summed E-state index contributed by atoms with van der Waals surface area (Å²) in [4.78, 5) is 0. The lowest BCUT2D eigenvalue weighted by molar-refractivity contribution is 0.330. The summed E-state index contributed by atoms with van der Waals surface area (Å²) in [5, 5.41) is 0. The maximum atomic E-state index is 5.65. The molecule has 2 heteroatoms. The second-order valence-corrected chi connectivity index (χ2v) is 4.31. The van der Waals surface area contributed by atoms with Gasteiger partial charge in [0.05, 0.1) is 13.2 Å². The SMILES string of the molecule is CCOc1ccc(OCC)c(C=Cc2ccccc2)c1. The van der Waals surface area contributed by atoms with E-state index in [9.17, 15) is 0 Å². The molecule has 0 saturated carbocycles. The standard InChI is InChI=1S/C18H20O2/c1-3-19-17-12-13-18(20-4-2)16(14-17)11-10-15-8-6-5-7-9-15/h5-14H,3-4H2,1-2H3. The molecule has 0 aliphatic rings. The van der Waals surface area contributed by atoms with Crippen LogP contribution in [0.5, 0.6) is 11.5 Å². The predicted octanol–water partition coefficient (Wildman–Crippen LogP) is 4.65. The molecule has 0 fully saturated rings. The maximum Gasteiger partial charge on any atom is 0.126 e. The second kappa shape index (κ2) is 7.39. The number of ether oxygens (including phenoxy) is 2. The summed E-state index contributed by atoms with van der Waals surface area (Å²) in [6.07, 6.45) is 4.14. The van der Waals surface area contributed by atoms with Gasteiger partial charge in [-0.2, -0.15) is 0 Å². The first-order valence-electron chi connectivity index (χ1n) is 6.96. The second-order valence-electron chi connectivity index (χ2n) is 4.31. The molecule has 2 aromatic rings. The van der Waals surface area contributed by atoms with E-state index in [4.69, 9.17) is 9.47 Å². The Hall–Kier alpha value is -2.22. The van der Waals surface area contributed by atoms with Crippen LogP contribution in [0.1, 0.15) is 25.0 Å². The van der Waals surface area contributed by atoms with E-state index >= 15 is 0 Å². The van der Waals surface area contributed by atoms with Crippen LogP contribution in [0.2, 0.25) is 0 Å². The fourth-order valence-electron chi connectivity index (χ4n) is 1.95. The van der Waals surface area contributed by atoms with Crippen LogP contribution in [0.3, 0.4) is 0 Å². The molecule has 2 aromatic carbocycles. The van der Waals surface area contributed by atoms with Crippen LogP contribution >= 0.6 is 0 Å². The highest BCUT2D eigenvalue weighted by molar-refractivity contribution is 5.73. The Kier molecular flexibility index (Phi) is 5.24. The molecule has 2 nitrogen and oxygen atoms in total. The third-order valence-corrected chi connectivity index (χ3v) is 2.85. The molecule has 0 radical (unpaired) electrons. The summed E-state index contributed by atoms with van der Waals surface area (Å²) in [6.45, 7) is 5.28. The minimum atomic E-state index is 0.653. The Labute approximate surface area is 120 Å². The van der Waals surface area contributed by atoms with E-state index in [1.54, 1.807) is 0 Å². The van der Waals surface area contributed by atoms with Crippen LogP contribution in [-0.2, 0) is 0 Å². The lowest BCUT2D eigenvalue weighted by Gasteiger charge is -2.10. The van der Waals surface area contributed by atoms with Gasteiger partial charge in [0.25, 0.3) is 0 Å². The van der Waals surface area contributed by atoms with Crippen molar-refractivity contribution in [2.24, 2.45) is 0 Å². The van der Waals surface area contributed by atoms with Crippen LogP contribution < -0.4 is 9.47 Å². The number of benzene rings is 2. The van der Waals surface area contributed by atoms with Crippen LogP contribution in [-0.4, -0.2) is 13.2 Å². The smallest absolute Gasteiger partial charge is 0.126 e. The molecule has 0 aliphatic heterocycles. The molecule has 0 unspecified atom stereocenters. The van der Waals surface area contributed by atoms with E-state index in [-0.39, 0.29) is 0 Å². The molecule has 0 bridgehead atoms. The molecule has 0 aromatic heterocycles. The monoisotopic (exact) mass is 268 g/mol. The van der Waals surface area contributed by atoms with Gasteiger partial charge >= 0.3 is 0 Å². The summed E-state index contributed by atoms with van der Waals surface area (Å²) in [5.41, 5.74) is 2.19. The van der Waals surface area contributed by atoms with E-state index < -0.39 is 0 Å². The molecule has 0 N–H and O–H groups in total. The highest BCUT2D eigenvalue weighted by atomic mass is 16.5. The highest BCUT2D eigenvalue weighted by Gasteiger charge is 2.03. The molecule has 2 rings (SSSR count). The van der Waals surface area contributed by atoms with Crippen molar-refractivity contribution < 1.29 is 9.47 Å². The molecule has 20 heavy (non-hydrogen) atoms. The summed E-state index contributed by atoms with van der Waals surface area (Å²) in [6, 6.07) is 16.1. The van der Waals surface area contributed by atoms with E-state index in [1.807, 2.05) is 50.2 Å². The van der Waals surface area contributed by atoms with Crippen molar-refractivity contribution >= 4 is 12.2 Å². The minimum Gasteiger partial charge on any atom is -0.494 e. The van der Waals surface area contributed by atoms with Gasteiger partial charge in [0.1, 0.15) is 11.5 Å². The molecule has 0 saturated heterocycles. The van der Waals surface area contributed by atoms with Crippen molar-refractivity contribution in [3.05, 3.63) is 59.7 Å². The fourth-order valence-corrected chi connectivity index (χ4v) is 1.95. The first kappa shape index (κ1) is 14.2. The lowest BCUT2D eigenvalue weighted by Crippen LogP contribution is -1.96. The Morgan fingerprint density at radius 1 is 0.850 bits per heavy atom. The average molecular weight is 268 g/mol. The van der Waals surface area contributed by atoms with E-state index in [0.29, 0.717) is 13.2 Å². The summed E-state index contributed by atoms with van der Waals surface area (Å²) in [5.74, 6) is 1.74. The van der Waals surface area contributed by atoms with Gasteiger partial charge in [0, 0.05) is 5.56 Å². The van der Waals surface area contributed by atoms with Gasteiger partial charge in [-0.1, -0.05) is 42.5 Å². The van der Waals surface area contributed by atoms with Gasteiger partial charge in [-0.05, 0) is 37.6 Å². The predicted molar refractivity (Wildman–Crippen MR) is 84.2 cm³/mol. The van der Waals surface area contributed by atoms with Crippen molar-refractivity contribution in [2.75, 3.05) is 13.2 Å². The molecular formula is C18H20O2. The first-order valence-corrected chi connectivity index (χ1v) is 6.96. The zero-order chi connectivity index (χ0) is 14.2. The van der Waals surface area contributed by atoms with Crippen LogP contribution in [0, 0.1) is 0 Å². The minimum absolute atomic E-state index is 0.653. The van der Waals surface area contributed by atoms with Crippen molar-refractivity contribution in [2.45, 2.75) is 13.8 Å². The van der Waals surface area contributed by atoms with Crippen molar-refractivity contribution in [3.8, 4) is 11.5 Å². The van der Waals surface area contributed by atoms with Gasteiger partial charge < -0.3 is 9.47 Å². The Morgan fingerprint density at radius 3 is 2.30 bits per heavy atom. The molecule has 0 aliphatic carbocycles. The van der Waals surface area contributed by atoms with Crippen LogP contribution in [0.15, 0.2) is 48.5 Å². The van der Waals surface area contributed by atoms with Crippen LogP contribution in [0.25, 0.3) is 12.2 Å². The van der Waals surface area contributed by atoms with Crippen molar-refractivity contribution in [1.29, 1.82) is 0 Å². The number of rotatable bonds is 6.